The van der Waals surface area contributed by atoms with Gasteiger partial charge in [0.1, 0.15) is 13.2 Å². The Kier molecular flexibility index (Phi) is 64.1. The molecule has 0 aliphatic rings. The first kappa shape index (κ1) is 74.6. The summed E-state index contributed by atoms with van der Waals surface area (Å²) in [5, 5.41) is 0. The van der Waals surface area contributed by atoms with Gasteiger partial charge in [0.25, 0.3) is 0 Å². The predicted molar refractivity (Wildman–Crippen MR) is 335 cm³/mol. The number of allylic oxidation sites excluding steroid dienone is 6. The number of ether oxygens (including phenoxy) is 3. The highest BCUT2D eigenvalue weighted by atomic mass is 16.6. The number of carbonyl (C=O) groups excluding carboxylic acids is 3. The van der Waals surface area contributed by atoms with Crippen molar-refractivity contribution in [2.45, 2.75) is 386 Å². The molecule has 452 valence electrons. The summed E-state index contributed by atoms with van der Waals surface area (Å²) in [4.78, 5) is 38.3. The van der Waals surface area contributed by atoms with E-state index in [0.29, 0.717) is 19.3 Å². The third-order valence-corrected chi connectivity index (χ3v) is 15.6. The minimum Gasteiger partial charge on any atom is -0.462 e. The van der Waals surface area contributed by atoms with Gasteiger partial charge in [0, 0.05) is 19.3 Å². The van der Waals surface area contributed by atoms with E-state index in [1.165, 1.54) is 263 Å². The Labute approximate surface area is 480 Å². The summed E-state index contributed by atoms with van der Waals surface area (Å²) in [6, 6.07) is 0. The minimum atomic E-state index is -0.776. The van der Waals surface area contributed by atoms with Gasteiger partial charge >= 0.3 is 17.9 Å². The van der Waals surface area contributed by atoms with Gasteiger partial charge < -0.3 is 14.2 Å². The number of hydrogen-bond acceptors (Lipinski definition) is 6. The van der Waals surface area contributed by atoms with Crippen LogP contribution < -0.4 is 0 Å². The van der Waals surface area contributed by atoms with Crippen molar-refractivity contribution < 1.29 is 28.6 Å². The number of unbranched alkanes of at least 4 members (excludes halogenated alkanes) is 47. The van der Waals surface area contributed by atoms with Crippen LogP contribution in [0.4, 0.5) is 0 Å². The molecule has 0 aromatic rings. The highest BCUT2D eigenvalue weighted by Crippen LogP contribution is 2.18. The zero-order valence-corrected chi connectivity index (χ0v) is 52.0. The van der Waals surface area contributed by atoms with Crippen LogP contribution in [0.3, 0.4) is 0 Å². The van der Waals surface area contributed by atoms with Crippen LogP contribution in [0.15, 0.2) is 36.5 Å². The number of carbonyl (C=O) groups is 3. The molecule has 0 heterocycles. The molecule has 0 rings (SSSR count). The van der Waals surface area contributed by atoms with Crippen molar-refractivity contribution in [2.75, 3.05) is 13.2 Å². The maximum atomic E-state index is 12.9. The lowest BCUT2D eigenvalue weighted by molar-refractivity contribution is -0.167. The van der Waals surface area contributed by atoms with Crippen LogP contribution in [0.2, 0.25) is 0 Å². The van der Waals surface area contributed by atoms with Crippen molar-refractivity contribution in [3.8, 4) is 0 Å². The molecule has 0 saturated heterocycles. The van der Waals surface area contributed by atoms with Crippen LogP contribution in [0.1, 0.15) is 380 Å². The molecule has 0 amide bonds. The molecule has 77 heavy (non-hydrogen) atoms. The molecule has 0 aromatic heterocycles. The van der Waals surface area contributed by atoms with Gasteiger partial charge in [0.15, 0.2) is 6.10 Å². The topological polar surface area (TPSA) is 78.9 Å². The largest absolute Gasteiger partial charge is 0.462 e. The van der Waals surface area contributed by atoms with Gasteiger partial charge in [-0.3, -0.25) is 14.4 Å². The molecule has 0 aliphatic carbocycles. The zero-order chi connectivity index (χ0) is 55.7. The summed E-state index contributed by atoms with van der Waals surface area (Å²) in [5.41, 5.74) is 0. The first-order valence-electron chi connectivity index (χ1n) is 34.5. The van der Waals surface area contributed by atoms with E-state index >= 15 is 0 Å². The molecule has 1 unspecified atom stereocenters. The molecule has 0 spiro atoms. The zero-order valence-electron chi connectivity index (χ0n) is 52.0. The van der Waals surface area contributed by atoms with E-state index in [1.807, 2.05) is 0 Å². The summed E-state index contributed by atoms with van der Waals surface area (Å²) < 4.78 is 16.9. The van der Waals surface area contributed by atoms with E-state index in [0.717, 1.165) is 77.0 Å². The monoisotopic (exact) mass is 1080 g/mol. The van der Waals surface area contributed by atoms with E-state index in [4.69, 9.17) is 14.2 Å². The quantitative estimate of drug-likeness (QED) is 0.0261. The Morgan fingerprint density at radius 1 is 0.260 bits per heavy atom. The van der Waals surface area contributed by atoms with Gasteiger partial charge in [-0.1, -0.05) is 340 Å². The molecular formula is C71H132O6. The molecule has 0 bridgehead atoms. The SMILES string of the molecule is CCCCCCC/C=C\C/C=C\C/C=C\CCCCCCCCC(=O)OC(COC(=O)CCCCCCCCCCCC)COC(=O)CCCCCCCCCCCCCCCCCCCCCCCCCCCCCC. The predicted octanol–water partition coefficient (Wildman–Crippen LogP) is 23.6. The molecule has 0 aliphatic heterocycles. The molecule has 0 saturated carbocycles. The fourth-order valence-corrected chi connectivity index (χ4v) is 10.5. The summed E-state index contributed by atoms with van der Waals surface area (Å²) in [6.07, 6.45) is 81.8. The standard InChI is InChI=1S/C71H132O6/c1-4-7-10-13-16-19-22-24-26-28-30-32-33-34-35-36-37-38-40-41-43-45-47-49-52-55-58-61-64-70(73)76-67-68(66-75-69(72)63-60-57-54-51-21-18-15-12-9-6-3)77-71(74)65-62-59-56-53-50-48-46-44-42-39-31-29-27-25-23-20-17-14-11-8-5-2/h23,25,29,31,42,44,68H,4-22,24,26-28,30,32-41,43,45-67H2,1-3H3/b25-23-,31-29-,44-42-. The van der Waals surface area contributed by atoms with Gasteiger partial charge in [0.2, 0.25) is 0 Å². The molecule has 6 nitrogen and oxygen atoms in total. The van der Waals surface area contributed by atoms with E-state index in [9.17, 15) is 14.4 Å². The van der Waals surface area contributed by atoms with Crippen molar-refractivity contribution in [3.05, 3.63) is 36.5 Å². The second-order valence-corrected chi connectivity index (χ2v) is 23.5. The fraction of sp³-hybridized carbons (Fsp3) is 0.873. The molecule has 6 heteroatoms. The maximum Gasteiger partial charge on any atom is 0.306 e. The summed E-state index contributed by atoms with van der Waals surface area (Å²) >= 11 is 0. The van der Waals surface area contributed by atoms with Crippen molar-refractivity contribution in [3.63, 3.8) is 0 Å². The lowest BCUT2D eigenvalue weighted by atomic mass is 10.0. The third-order valence-electron chi connectivity index (χ3n) is 15.6. The van der Waals surface area contributed by atoms with Gasteiger partial charge in [-0.2, -0.15) is 0 Å². The third kappa shape index (κ3) is 64.3. The number of hydrogen-bond donors (Lipinski definition) is 0. The van der Waals surface area contributed by atoms with Crippen LogP contribution >= 0.6 is 0 Å². The Morgan fingerprint density at radius 2 is 0.468 bits per heavy atom. The molecular weight excluding hydrogens is 949 g/mol. The van der Waals surface area contributed by atoms with Crippen molar-refractivity contribution in [1.82, 2.24) is 0 Å². The van der Waals surface area contributed by atoms with Gasteiger partial charge in [-0.25, -0.2) is 0 Å². The Bertz CT molecular complexity index is 1290. The fourth-order valence-electron chi connectivity index (χ4n) is 10.5. The van der Waals surface area contributed by atoms with Gasteiger partial charge in [-0.05, 0) is 57.8 Å². The van der Waals surface area contributed by atoms with Gasteiger partial charge in [-0.15, -0.1) is 0 Å². The summed E-state index contributed by atoms with van der Waals surface area (Å²) in [5.74, 6) is -0.861. The smallest absolute Gasteiger partial charge is 0.306 e. The summed E-state index contributed by atoms with van der Waals surface area (Å²) in [7, 11) is 0. The van der Waals surface area contributed by atoms with Crippen molar-refractivity contribution >= 4 is 17.9 Å². The second kappa shape index (κ2) is 66.1. The number of rotatable bonds is 64. The first-order chi connectivity index (χ1) is 38.0. The second-order valence-electron chi connectivity index (χ2n) is 23.5. The first-order valence-corrected chi connectivity index (χ1v) is 34.5. The van der Waals surface area contributed by atoms with Crippen LogP contribution in [0, 0.1) is 0 Å². The average Bonchev–Trinajstić information content (AvgIpc) is 3.43. The number of esters is 3. The van der Waals surface area contributed by atoms with E-state index in [-0.39, 0.29) is 31.1 Å². The Hall–Kier alpha value is -2.37. The van der Waals surface area contributed by atoms with Crippen LogP contribution in [-0.2, 0) is 28.6 Å². The normalized spacial score (nSPS) is 12.2. The summed E-state index contributed by atoms with van der Waals surface area (Å²) in [6.45, 7) is 6.67. The molecule has 0 N–H and O–H groups in total. The van der Waals surface area contributed by atoms with E-state index in [2.05, 4.69) is 57.2 Å². The van der Waals surface area contributed by atoms with Crippen LogP contribution in [0.25, 0.3) is 0 Å². The molecule has 0 radical (unpaired) electrons. The lowest BCUT2D eigenvalue weighted by Gasteiger charge is -2.18. The van der Waals surface area contributed by atoms with E-state index < -0.39 is 6.10 Å². The Balaban J connectivity index is 4.15. The highest BCUT2D eigenvalue weighted by molar-refractivity contribution is 5.71. The van der Waals surface area contributed by atoms with E-state index in [1.54, 1.807) is 0 Å². The van der Waals surface area contributed by atoms with Crippen LogP contribution in [0.5, 0.6) is 0 Å². The molecule has 0 fully saturated rings. The lowest BCUT2D eigenvalue weighted by Crippen LogP contribution is -2.30. The van der Waals surface area contributed by atoms with Crippen molar-refractivity contribution in [1.29, 1.82) is 0 Å². The molecule has 0 aromatic carbocycles. The van der Waals surface area contributed by atoms with Crippen molar-refractivity contribution in [2.24, 2.45) is 0 Å². The van der Waals surface area contributed by atoms with Crippen LogP contribution in [-0.4, -0.2) is 37.2 Å². The average molecular weight is 1080 g/mol. The minimum absolute atomic E-state index is 0.0724. The maximum absolute atomic E-state index is 12.9. The molecule has 1 atom stereocenters. The Morgan fingerprint density at radius 3 is 0.727 bits per heavy atom. The van der Waals surface area contributed by atoms with Gasteiger partial charge in [0.05, 0.1) is 0 Å². The highest BCUT2D eigenvalue weighted by Gasteiger charge is 2.19.